The topological polar surface area (TPSA) is 114 Å². The first-order chi connectivity index (χ1) is 15.4. The van der Waals surface area contributed by atoms with Crippen LogP contribution in [0.4, 0.5) is 5.69 Å². The van der Waals surface area contributed by atoms with Crippen LogP contribution in [0.5, 0.6) is 5.75 Å². The van der Waals surface area contributed by atoms with Gasteiger partial charge >= 0.3 is 0 Å². The first-order valence-electron chi connectivity index (χ1n) is 9.85. The second kappa shape index (κ2) is 9.01. The Kier molecular flexibility index (Phi) is 6.15. The van der Waals surface area contributed by atoms with Crippen molar-refractivity contribution in [2.45, 2.75) is 24.2 Å². The molecule has 1 aliphatic rings. The lowest BCUT2D eigenvalue weighted by Gasteiger charge is -2.10. The molecule has 1 aliphatic carbocycles. The predicted molar refractivity (Wildman–Crippen MR) is 122 cm³/mol. The Morgan fingerprint density at radius 3 is 2.28 bits per heavy atom. The monoisotopic (exact) mass is 471 g/mol. The average molecular weight is 472 g/mol. The van der Waals surface area contributed by atoms with Gasteiger partial charge in [-0.3, -0.25) is 25.2 Å². The van der Waals surface area contributed by atoms with Gasteiger partial charge in [-0.05, 0) is 79.4 Å². The minimum absolute atomic E-state index is 0.00186. The molecule has 0 fully saturated rings. The molecule has 166 valence electrons. The molecule has 1 aromatic heterocycles. The zero-order valence-electron chi connectivity index (χ0n) is 17.2. The van der Waals surface area contributed by atoms with Crippen molar-refractivity contribution in [3.63, 3.8) is 0 Å². The highest BCUT2D eigenvalue weighted by molar-refractivity contribution is 7.92. The van der Waals surface area contributed by atoms with Crippen molar-refractivity contribution in [2.75, 3.05) is 11.8 Å². The van der Waals surface area contributed by atoms with Gasteiger partial charge in [0, 0.05) is 16.1 Å². The fourth-order valence-corrected chi connectivity index (χ4v) is 5.55. The number of carbonyl (C=O) groups is 2. The lowest BCUT2D eigenvalue weighted by Crippen LogP contribution is -2.41. The third-order valence-corrected chi connectivity index (χ3v) is 7.66. The van der Waals surface area contributed by atoms with Gasteiger partial charge in [-0.2, -0.15) is 0 Å². The van der Waals surface area contributed by atoms with Crippen LogP contribution in [0.3, 0.4) is 0 Å². The first kappa shape index (κ1) is 21.8. The van der Waals surface area contributed by atoms with Crippen molar-refractivity contribution >= 4 is 38.9 Å². The summed E-state index contributed by atoms with van der Waals surface area (Å²) in [4.78, 5) is 26.4. The molecule has 0 unspecified atom stereocenters. The van der Waals surface area contributed by atoms with E-state index in [0.717, 1.165) is 19.3 Å². The van der Waals surface area contributed by atoms with Gasteiger partial charge in [0.2, 0.25) is 0 Å². The van der Waals surface area contributed by atoms with E-state index in [1.165, 1.54) is 53.2 Å². The molecule has 0 atom stereocenters. The molecular weight excluding hydrogens is 450 g/mol. The number of hydrogen-bond donors (Lipinski definition) is 3. The summed E-state index contributed by atoms with van der Waals surface area (Å²) >= 11 is 1.44. The van der Waals surface area contributed by atoms with E-state index >= 15 is 0 Å². The molecule has 0 aliphatic heterocycles. The molecule has 1 heterocycles. The van der Waals surface area contributed by atoms with E-state index < -0.39 is 15.9 Å². The zero-order chi connectivity index (χ0) is 22.7. The van der Waals surface area contributed by atoms with Crippen LogP contribution in [0.25, 0.3) is 0 Å². The molecule has 3 aromatic rings. The number of ether oxygens (including phenoxy) is 1. The van der Waals surface area contributed by atoms with Crippen molar-refractivity contribution in [3.8, 4) is 5.75 Å². The highest BCUT2D eigenvalue weighted by Crippen LogP contribution is 2.30. The Balaban J connectivity index is 1.36. The maximum Gasteiger partial charge on any atom is 0.279 e. The largest absolute Gasteiger partial charge is 0.497 e. The number of sulfonamides is 1. The number of aryl methyl sites for hydroxylation is 2. The molecule has 0 radical (unpaired) electrons. The molecule has 3 N–H and O–H groups in total. The number of methoxy groups -OCH3 is 1. The number of thiophene rings is 1. The van der Waals surface area contributed by atoms with Gasteiger partial charge in [-0.25, -0.2) is 8.42 Å². The molecule has 0 saturated heterocycles. The minimum Gasteiger partial charge on any atom is -0.497 e. The Labute approximate surface area is 189 Å². The van der Waals surface area contributed by atoms with Crippen molar-refractivity contribution in [1.29, 1.82) is 0 Å². The fraction of sp³-hybridized carbons (Fsp3) is 0.182. The normalized spacial score (nSPS) is 12.7. The number of carbonyl (C=O) groups excluding carboxylic acids is 2. The van der Waals surface area contributed by atoms with Crippen LogP contribution < -0.4 is 20.3 Å². The third-order valence-electron chi connectivity index (χ3n) is 5.03. The molecule has 8 nitrogen and oxygen atoms in total. The highest BCUT2D eigenvalue weighted by Gasteiger charge is 2.19. The van der Waals surface area contributed by atoms with Gasteiger partial charge in [0.1, 0.15) is 5.75 Å². The number of hydrazine groups is 1. The summed E-state index contributed by atoms with van der Waals surface area (Å²) in [5.74, 6) is -0.311. The number of benzene rings is 2. The van der Waals surface area contributed by atoms with Crippen LogP contribution in [-0.4, -0.2) is 27.3 Å². The lowest BCUT2D eigenvalue weighted by atomic mass is 10.2. The lowest BCUT2D eigenvalue weighted by molar-refractivity contribution is 0.0849. The van der Waals surface area contributed by atoms with Crippen LogP contribution in [0.1, 0.15) is 36.9 Å². The standard InChI is InChI=1S/C22H21N3O5S2/c1-30-17-9-7-16(8-10-17)25-32(28,29)18-11-5-14(6-12-18)21(26)23-24-22(27)20-13-15-3-2-4-19(15)31-20/h5-13,25H,2-4H2,1H3,(H,23,26)(H,24,27). The van der Waals surface area contributed by atoms with Crippen LogP contribution in [0, 0.1) is 0 Å². The average Bonchev–Trinajstić information content (AvgIpc) is 3.40. The summed E-state index contributed by atoms with van der Waals surface area (Å²) in [7, 11) is -2.30. The summed E-state index contributed by atoms with van der Waals surface area (Å²) in [5.41, 5.74) is 6.56. The van der Waals surface area contributed by atoms with E-state index in [9.17, 15) is 18.0 Å². The van der Waals surface area contributed by atoms with E-state index in [-0.39, 0.29) is 16.4 Å². The summed E-state index contributed by atoms with van der Waals surface area (Å²) in [5, 5.41) is 0. The Hall–Kier alpha value is -3.37. The van der Waals surface area contributed by atoms with E-state index in [2.05, 4.69) is 15.6 Å². The molecule has 0 bridgehead atoms. The SMILES string of the molecule is COc1ccc(NS(=O)(=O)c2ccc(C(=O)NNC(=O)c3cc4c(s3)CCC4)cc2)cc1. The molecule has 10 heteroatoms. The van der Waals surface area contributed by atoms with Gasteiger partial charge in [-0.1, -0.05) is 0 Å². The van der Waals surface area contributed by atoms with E-state index in [1.807, 2.05) is 6.07 Å². The van der Waals surface area contributed by atoms with Gasteiger partial charge < -0.3 is 4.74 Å². The Morgan fingerprint density at radius 1 is 0.938 bits per heavy atom. The van der Waals surface area contributed by atoms with Crippen molar-refractivity contribution in [3.05, 3.63) is 75.5 Å². The third kappa shape index (κ3) is 4.76. The number of rotatable bonds is 6. The summed E-state index contributed by atoms with van der Waals surface area (Å²) < 4.78 is 32.7. The zero-order valence-corrected chi connectivity index (χ0v) is 18.8. The quantitative estimate of drug-likeness (QED) is 0.478. The van der Waals surface area contributed by atoms with E-state index in [1.54, 1.807) is 24.3 Å². The van der Waals surface area contributed by atoms with Crippen LogP contribution in [0.15, 0.2) is 59.5 Å². The summed E-state index contributed by atoms with van der Waals surface area (Å²) in [6, 6.07) is 13.7. The van der Waals surface area contributed by atoms with Gasteiger partial charge in [0.05, 0.1) is 16.9 Å². The highest BCUT2D eigenvalue weighted by atomic mass is 32.2. The molecule has 0 spiro atoms. The maximum atomic E-state index is 12.6. The number of fused-ring (bicyclic) bond motifs is 1. The second-order valence-electron chi connectivity index (χ2n) is 7.18. The second-order valence-corrected chi connectivity index (χ2v) is 10.00. The maximum absolute atomic E-state index is 12.6. The molecule has 4 rings (SSSR count). The number of nitrogens with one attached hydrogen (secondary N) is 3. The summed E-state index contributed by atoms with van der Waals surface area (Å²) in [6.45, 7) is 0. The molecule has 32 heavy (non-hydrogen) atoms. The van der Waals surface area contributed by atoms with Crippen LogP contribution in [-0.2, 0) is 22.9 Å². The predicted octanol–water partition coefficient (Wildman–Crippen LogP) is 3.12. The Bertz CT molecular complexity index is 1230. The number of amides is 2. The van der Waals surface area contributed by atoms with Crippen molar-refractivity contribution in [1.82, 2.24) is 10.9 Å². The van der Waals surface area contributed by atoms with Crippen molar-refractivity contribution < 1.29 is 22.7 Å². The molecule has 2 aromatic carbocycles. The van der Waals surface area contributed by atoms with E-state index in [0.29, 0.717) is 16.3 Å². The van der Waals surface area contributed by atoms with Crippen molar-refractivity contribution in [2.24, 2.45) is 0 Å². The van der Waals surface area contributed by atoms with Crippen LogP contribution >= 0.6 is 11.3 Å². The van der Waals surface area contributed by atoms with Gasteiger partial charge in [0.25, 0.3) is 21.8 Å². The fourth-order valence-electron chi connectivity index (χ4n) is 3.35. The van der Waals surface area contributed by atoms with Gasteiger partial charge in [-0.15, -0.1) is 11.3 Å². The Morgan fingerprint density at radius 2 is 1.62 bits per heavy atom. The molecular formula is C22H21N3O5S2. The van der Waals surface area contributed by atoms with E-state index in [4.69, 9.17) is 4.74 Å². The smallest absolute Gasteiger partial charge is 0.279 e. The first-order valence-corrected chi connectivity index (χ1v) is 12.1. The molecule has 2 amide bonds. The van der Waals surface area contributed by atoms with Gasteiger partial charge in [0.15, 0.2) is 0 Å². The number of anilines is 1. The van der Waals surface area contributed by atoms with Crippen LogP contribution in [0.2, 0.25) is 0 Å². The summed E-state index contributed by atoms with van der Waals surface area (Å²) in [6.07, 6.45) is 3.08. The molecule has 0 saturated carbocycles. The number of hydrogen-bond acceptors (Lipinski definition) is 6. The minimum atomic E-state index is -3.83.